The van der Waals surface area contributed by atoms with Gasteiger partial charge in [-0.1, -0.05) is 79.2 Å². The Hall–Kier alpha value is -3.68. The quantitative estimate of drug-likeness (QED) is 0.380. The van der Waals surface area contributed by atoms with Crippen molar-refractivity contribution in [2.45, 2.75) is 64.1 Å². The van der Waals surface area contributed by atoms with Crippen molar-refractivity contribution in [1.82, 2.24) is 20.4 Å². The van der Waals surface area contributed by atoms with Crippen molar-refractivity contribution in [1.29, 1.82) is 0 Å². The molecule has 3 aromatic carbocycles. The first-order chi connectivity index (χ1) is 21.1. The molecule has 7 heteroatoms. The Morgan fingerprint density at radius 2 is 1.58 bits per heavy atom. The number of amides is 2. The first kappa shape index (κ1) is 30.8. The number of fused-ring (bicyclic) bond motifs is 1. The number of ether oxygens (including phenoxy) is 1. The van der Waals surface area contributed by atoms with Gasteiger partial charge in [0.1, 0.15) is 5.75 Å². The third-order valence-corrected chi connectivity index (χ3v) is 8.41. The van der Waals surface area contributed by atoms with Gasteiger partial charge in [-0.25, -0.2) is 0 Å². The maximum absolute atomic E-state index is 13.3. The molecule has 1 saturated heterocycles. The fraction of sp³-hybridized carbons (Fsp3) is 0.444. The van der Waals surface area contributed by atoms with Crippen molar-refractivity contribution >= 4 is 11.8 Å². The SMILES string of the molecule is O=C(Cc1ccc2c(c1)CN(Cc1ccccc1)CC(=O)NCCCCCO2)NCC(c1ccccc1)N1CCCCC1. The van der Waals surface area contributed by atoms with Gasteiger partial charge in [0.25, 0.3) is 0 Å². The second-order valence-corrected chi connectivity index (χ2v) is 11.8. The molecule has 0 bridgehead atoms. The largest absolute Gasteiger partial charge is 0.493 e. The molecule has 3 aromatic rings. The highest BCUT2D eigenvalue weighted by Gasteiger charge is 2.23. The molecular formula is C36H46N4O3. The average molecular weight is 583 g/mol. The maximum Gasteiger partial charge on any atom is 0.234 e. The lowest BCUT2D eigenvalue weighted by molar-refractivity contribution is -0.122. The van der Waals surface area contributed by atoms with Gasteiger partial charge in [0.2, 0.25) is 11.8 Å². The minimum atomic E-state index is 0.0176. The molecule has 0 radical (unpaired) electrons. The lowest BCUT2D eigenvalue weighted by atomic mass is 10.0. The summed E-state index contributed by atoms with van der Waals surface area (Å²) in [6.45, 7) is 5.56. The van der Waals surface area contributed by atoms with E-state index in [-0.39, 0.29) is 17.9 Å². The molecule has 1 atom stereocenters. The van der Waals surface area contributed by atoms with E-state index in [4.69, 9.17) is 4.74 Å². The van der Waals surface area contributed by atoms with Crippen LogP contribution in [0.2, 0.25) is 0 Å². The van der Waals surface area contributed by atoms with Gasteiger partial charge in [-0.2, -0.15) is 0 Å². The molecule has 2 aliphatic rings. The second-order valence-electron chi connectivity index (χ2n) is 11.8. The number of hydrogen-bond donors (Lipinski definition) is 2. The average Bonchev–Trinajstić information content (AvgIpc) is 3.04. The molecule has 0 saturated carbocycles. The summed E-state index contributed by atoms with van der Waals surface area (Å²) in [5.41, 5.74) is 4.35. The van der Waals surface area contributed by atoms with Crippen LogP contribution >= 0.6 is 0 Å². The van der Waals surface area contributed by atoms with E-state index in [1.54, 1.807) is 0 Å². The molecule has 5 rings (SSSR count). The fourth-order valence-electron chi connectivity index (χ4n) is 6.15. The summed E-state index contributed by atoms with van der Waals surface area (Å²) in [7, 11) is 0. The summed E-state index contributed by atoms with van der Waals surface area (Å²) in [5, 5.41) is 6.32. The molecular weight excluding hydrogens is 536 g/mol. The number of rotatable bonds is 8. The Kier molecular flexibility index (Phi) is 11.6. The summed E-state index contributed by atoms with van der Waals surface area (Å²) in [4.78, 5) is 30.7. The Bertz CT molecular complexity index is 1290. The van der Waals surface area contributed by atoms with Gasteiger partial charge in [-0.05, 0) is 68.0 Å². The number of benzene rings is 3. The number of nitrogens with one attached hydrogen (secondary N) is 2. The predicted octanol–water partition coefficient (Wildman–Crippen LogP) is 5.25. The van der Waals surface area contributed by atoms with Crippen molar-refractivity contribution in [2.24, 2.45) is 0 Å². The molecule has 2 N–H and O–H groups in total. The summed E-state index contributed by atoms with van der Waals surface area (Å²) in [5.74, 6) is 0.884. The van der Waals surface area contributed by atoms with Crippen LogP contribution < -0.4 is 15.4 Å². The zero-order valence-corrected chi connectivity index (χ0v) is 25.3. The third kappa shape index (κ3) is 9.66. The van der Waals surface area contributed by atoms with Crippen LogP contribution in [0.25, 0.3) is 0 Å². The van der Waals surface area contributed by atoms with Crippen LogP contribution in [-0.2, 0) is 29.1 Å². The summed E-state index contributed by atoms with van der Waals surface area (Å²) >= 11 is 0. The monoisotopic (exact) mass is 582 g/mol. The van der Waals surface area contributed by atoms with Crippen LogP contribution in [0.1, 0.15) is 66.8 Å². The Morgan fingerprint density at radius 3 is 2.37 bits per heavy atom. The van der Waals surface area contributed by atoms with E-state index in [9.17, 15) is 9.59 Å². The molecule has 1 unspecified atom stereocenters. The maximum atomic E-state index is 13.3. The lowest BCUT2D eigenvalue weighted by Crippen LogP contribution is -2.41. The zero-order chi connectivity index (χ0) is 29.7. The highest BCUT2D eigenvalue weighted by Crippen LogP contribution is 2.26. The minimum absolute atomic E-state index is 0.0176. The van der Waals surface area contributed by atoms with E-state index in [1.165, 1.54) is 24.8 Å². The van der Waals surface area contributed by atoms with E-state index in [0.29, 0.717) is 45.8 Å². The van der Waals surface area contributed by atoms with E-state index in [0.717, 1.165) is 54.8 Å². The summed E-state index contributed by atoms with van der Waals surface area (Å²) < 4.78 is 6.24. The first-order valence-electron chi connectivity index (χ1n) is 16.0. The van der Waals surface area contributed by atoms with Gasteiger partial charge < -0.3 is 15.4 Å². The van der Waals surface area contributed by atoms with Crippen molar-refractivity contribution < 1.29 is 14.3 Å². The van der Waals surface area contributed by atoms with Gasteiger partial charge in [-0.15, -0.1) is 0 Å². The molecule has 1 fully saturated rings. The van der Waals surface area contributed by atoms with Crippen molar-refractivity contribution in [3.8, 4) is 5.75 Å². The van der Waals surface area contributed by atoms with Gasteiger partial charge in [0, 0.05) is 31.7 Å². The van der Waals surface area contributed by atoms with Crippen LogP contribution in [-0.4, -0.2) is 60.9 Å². The Labute approximate surface area is 256 Å². The fourth-order valence-corrected chi connectivity index (χ4v) is 6.15. The Morgan fingerprint density at radius 1 is 0.837 bits per heavy atom. The van der Waals surface area contributed by atoms with Gasteiger partial charge in [0.15, 0.2) is 0 Å². The van der Waals surface area contributed by atoms with E-state index in [2.05, 4.69) is 62.9 Å². The molecule has 228 valence electrons. The standard InChI is InChI=1S/C36H46N4O3/c41-35(38-25-33(31-15-7-2-8-16-31)40-20-10-4-11-21-40)24-30-17-18-34-32(23-30)27-39(26-29-13-5-1-6-14-29)28-36(42)37-19-9-3-12-22-43-34/h1-2,5-8,13-18,23,33H,3-4,9-12,19-22,24-28H2,(H,37,42)(H,38,41). The minimum Gasteiger partial charge on any atom is -0.493 e. The number of carbonyl (C=O) groups excluding carboxylic acids is 2. The number of likely N-dealkylation sites (tertiary alicyclic amines) is 1. The van der Waals surface area contributed by atoms with Crippen molar-refractivity contribution in [3.63, 3.8) is 0 Å². The van der Waals surface area contributed by atoms with Gasteiger partial charge in [-0.3, -0.25) is 19.4 Å². The summed E-state index contributed by atoms with van der Waals surface area (Å²) in [6, 6.07) is 27.0. The lowest BCUT2D eigenvalue weighted by Gasteiger charge is -2.35. The molecule has 0 aliphatic carbocycles. The summed E-state index contributed by atoms with van der Waals surface area (Å²) in [6.07, 6.45) is 6.87. The van der Waals surface area contributed by atoms with Crippen molar-refractivity contribution in [3.05, 3.63) is 101 Å². The molecule has 2 amide bonds. The number of nitrogens with zero attached hydrogens (tertiary/aromatic N) is 2. The smallest absolute Gasteiger partial charge is 0.234 e. The molecule has 2 aliphatic heterocycles. The van der Waals surface area contributed by atoms with E-state index in [1.807, 2.05) is 36.4 Å². The van der Waals surface area contributed by atoms with Gasteiger partial charge >= 0.3 is 0 Å². The third-order valence-electron chi connectivity index (χ3n) is 8.41. The van der Waals surface area contributed by atoms with Gasteiger partial charge in [0.05, 0.1) is 25.6 Å². The van der Waals surface area contributed by atoms with E-state index >= 15 is 0 Å². The van der Waals surface area contributed by atoms with Crippen LogP contribution in [0.4, 0.5) is 0 Å². The van der Waals surface area contributed by atoms with E-state index < -0.39 is 0 Å². The predicted molar refractivity (Wildman–Crippen MR) is 171 cm³/mol. The normalized spacial score (nSPS) is 18.1. The molecule has 7 nitrogen and oxygen atoms in total. The van der Waals surface area contributed by atoms with Crippen molar-refractivity contribution in [2.75, 3.05) is 39.3 Å². The highest BCUT2D eigenvalue weighted by molar-refractivity contribution is 5.79. The molecule has 0 aromatic heterocycles. The molecule has 2 heterocycles. The Balaban J connectivity index is 1.29. The zero-order valence-electron chi connectivity index (χ0n) is 25.3. The topological polar surface area (TPSA) is 73.9 Å². The second kappa shape index (κ2) is 16.2. The number of hydrogen-bond acceptors (Lipinski definition) is 5. The molecule has 0 spiro atoms. The first-order valence-corrected chi connectivity index (χ1v) is 16.0. The van der Waals surface area contributed by atoms with Crippen LogP contribution in [0.3, 0.4) is 0 Å². The highest BCUT2D eigenvalue weighted by atomic mass is 16.5. The number of carbonyl (C=O) groups is 2. The van der Waals surface area contributed by atoms with Crippen LogP contribution in [0, 0.1) is 0 Å². The number of piperidine rings is 1. The molecule has 43 heavy (non-hydrogen) atoms. The van der Waals surface area contributed by atoms with Crippen LogP contribution in [0.15, 0.2) is 78.9 Å². The van der Waals surface area contributed by atoms with Crippen LogP contribution in [0.5, 0.6) is 5.75 Å².